The summed E-state index contributed by atoms with van der Waals surface area (Å²) in [6.45, 7) is 2.57. The number of nitrogens with one attached hydrogen (secondary N) is 1. The molecule has 3 aromatic rings. The van der Waals surface area contributed by atoms with Gasteiger partial charge in [-0.25, -0.2) is 4.98 Å². The first kappa shape index (κ1) is 12.8. The van der Waals surface area contributed by atoms with Gasteiger partial charge in [0.15, 0.2) is 11.5 Å². The number of nitrogens with zero attached hydrogens (tertiary/aromatic N) is 2. The zero-order chi connectivity index (χ0) is 14.2. The number of hydrogen-bond donors (Lipinski definition) is 1. The second-order valence-corrected chi connectivity index (χ2v) is 6.44. The molecular formula is C16H17N3OS. The fourth-order valence-corrected chi connectivity index (χ4v) is 4.03. The molecule has 0 bridgehead atoms. The van der Waals surface area contributed by atoms with E-state index in [4.69, 9.17) is 4.74 Å². The van der Waals surface area contributed by atoms with E-state index in [2.05, 4.69) is 21.0 Å². The summed E-state index contributed by atoms with van der Waals surface area (Å²) < 4.78 is 5.43. The minimum atomic E-state index is 0.618. The van der Waals surface area contributed by atoms with Crippen LogP contribution >= 0.6 is 11.3 Å². The molecule has 0 radical (unpaired) electrons. The van der Waals surface area contributed by atoms with Gasteiger partial charge in [0, 0.05) is 10.9 Å². The van der Waals surface area contributed by atoms with Gasteiger partial charge in [-0.05, 0) is 50.3 Å². The number of aryl methyl sites for hydroxylation is 2. The lowest BCUT2D eigenvalue weighted by atomic mass is 9.99. The Bertz CT molecular complexity index is 767. The highest BCUT2D eigenvalue weighted by molar-refractivity contribution is 7.15. The lowest BCUT2D eigenvalue weighted by molar-refractivity contribution is 0.328. The van der Waals surface area contributed by atoms with Crippen molar-refractivity contribution < 1.29 is 4.74 Å². The molecular weight excluding hydrogens is 282 g/mol. The first-order valence-electron chi connectivity index (χ1n) is 7.45. The van der Waals surface area contributed by atoms with Crippen molar-refractivity contribution in [3.05, 3.63) is 28.6 Å². The maximum Gasteiger partial charge on any atom is 0.215 e. The van der Waals surface area contributed by atoms with E-state index in [-0.39, 0.29) is 0 Å². The molecule has 108 valence electrons. The molecule has 4 rings (SSSR count). The lowest BCUT2D eigenvalue weighted by Gasteiger charge is -2.08. The van der Waals surface area contributed by atoms with Crippen LogP contribution in [0.1, 0.15) is 30.2 Å². The molecule has 4 nitrogen and oxygen atoms in total. The van der Waals surface area contributed by atoms with Gasteiger partial charge in [-0.3, -0.25) is 0 Å². The van der Waals surface area contributed by atoms with Gasteiger partial charge in [-0.15, -0.1) is 11.3 Å². The molecule has 0 saturated carbocycles. The number of aromatic nitrogens is 3. The molecule has 3 aromatic heterocycles. The van der Waals surface area contributed by atoms with Gasteiger partial charge in [0.25, 0.3) is 0 Å². The first-order valence-corrected chi connectivity index (χ1v) is 8.26. The van der Waals surface area contributed by atoms with Crippen LogP contribution in [0.25, 0.3) is 21.9 Å². The molecule has 3 heterocycles. The van der Waals surface area contributed by atoms with Crippen molar-refractivity contribution in [2.24, 2.45) is 0 Å². The van der Waals surface area contributed by atoms with Crippen LogP contribution in [-0.2, 0) is 12.8 Å². The van der Waals surface area contributed by atoms with Gasteiger partial charge in [0.05, 0.1) is 17.0 Å². The first-order chi connectivity index (χ1) is 10.3. The van der Waals surface area contributed by atoms with Crippen LogP contribution < -0.4 is 4.74 Å². The molecule has 0 aliphatic heterocycles. The minimum absolute atomic E-state index is 0.618. The Morgan fingerprint density at radius 3 is 3.00 bits per heavy atom. The number of H-pyrrole nitrogens is 1. The molecule has 0 amide bonds. The normalized spacial score (nSPS) is 14.3. The number of fused-ring (bicyclic) bond motifs is 2. The maximum absolute atomic E-state index is 5.43. The maximum atomic E-state index is 5.43. The minimum Gasteiger partial charge on any atom is -0.478 e. The molecule has 1 aliphatic rings. The Hall–Kier alpha value is -1.88. The van der Waals surface area contributed by atoms with Crippen LogP contribution in [0.4, 0.5) is 0 Å². The predicted molar refractivity (Wildman–Crippen MR) is 85.0 cm³/mol. The molecule has 1 N–H and O–H groups in total. The van der Waals surface area contributed by atoms with Crippen molar-refractivity contribution in [1.82, 2.24) is 15.0 Å². The van der Waals surface area contributed by atoms with Crippen molar-refractivity contribution in [3.63, 3.8) is 0 Å². The van der Waals surface area contributed by atoms with E-state index in [1.54, 1.807) is 0 Å². The van der Waals surface area contributed by atoms with Crippen molar-refractivity contribution >= 4 is 22.5 Å². The fourth-order valence-electron chi connectivity index (χ4n) is 2.83. The van der Waals surface area contributed by atoms with Gasteiger partial charge in [0.1, 0.15) is 0 Å². The topological polar surface area (TPSA) is 50.8 Å². The smallest absolute Gasteiger partial charge is 0.215 e. The van der Waals surface area contributed by atoms with E-state index in [9.17, 15) is 0 Å². The number of rotatable bonds is 3. The van der Waals surface area contributed by atoms with Crippen LogP contribution in [0.5, 0.6) is 5.88 Å². The molecule has 0 saturated heterocycles. The van der Waals surface area contributed by atoms with Gasteiger partial charge >= 0.3 is 0 Å². The molecule has 21 heavy (non-hydrogen) atoms. The Balaban J connectivity index is 1.74. The van der Waals surface area contributed by atoms with E-state index in [1.165, 1.54) is 41.0 Å². The molecule has 5 heteroatoms. The third-order valence-electron chi connectivity index (χ3n) is 3.84. The molecule has 0 atom stereocenters. The molecule has 0 fully saturated rings. The van der Waals surface area contributed by atoms with Crippen LogP contribution in [0.3, 0.4) is 0 Å². The van der Waals surface area contributed by atoms with E-state index in [0.717, 1.165) is 17.0 Å². The van der Waals surface area contributed by atoms with E-state index in [1.807, 2.05) is 30.4 Å². The Morgan fingerprint density at radius 1 is 1.24 bits per heavy atom. The summed E-state index contributed by atoms with van der Waals surface area (Å²) in [6, 6.07) is 6.16. The second kappa shape index (κ2) is 5.15. The monoisotopic (exact) mass is 299 g/mol. The molecule has 1 aliphatic carbocycles. The summed E-state index contributed by atoms with van der Waals surface area (Å²) in [5.74, 6) is 1.55. The number of aromatic amines is 1. The van der Waals surface area contributed by atoms with E-state index < -0.39 is 0 Å². The van der Waals surface area contributed by atoms with Crippen LogP contribution in [0, 0.1) is 0 Å². The molecule has 0 unspecified atom stereocenters. The fraction of sp³-hybridized carbons (Fsp3) is 0.375. The van der Waals surface area contributed by atoms with Crippen LogP contribution in [0.15, 0.2) is 18.2 Å². The SMILES string of the molecule is CCOc1ccc2[nH]c(-c3cc4c(s3)CCCC4)nc2n1. The van der Waals surface area contributed by atoms with Crippen molar-refractivity contribution in [3.8, 4) is 16.6 Å². The molecule has 0 aromatic carbocycles. The van der Waals surface area contributed by atoms with Gasteiger partial charge in [0.2, 0.25) is 5.88 Å². The summed E-state index contributed by atoms with van der Waals surface area (Å²) in [6.07, 6.45) is 5.04. The summed E-state index contributed by atoms with van der Waals surface area (Å²) >= 11 is 1.87. The standard InChI is InChI=1S/C16H17N3OS/c1-2-20-14-8-7-11-15(18-14)19-16(17-11)13-9-10-5-3-4-6-12(10)21-13/h7-9H,2-6H2,1H3,(H,17,18,19). The largest absolute Gasteiger partial charge is 0.478 e. The highest BCUT2D eigenvalue weighted by atomic mass is 32.1. The zero-order valence-electron chi connectivity index (χ0n) is 12.0. The number of ether oxygens (including phenoxy) is 1. The summed E-state index contributed by atoms with van der Waals surface area (Å²) in [7, 11) is 0. The third kappa shape index (κ3) is 2.31. The average Bonchev–Trinajstić information content (AvgIpc) is 3.10. The highest BCUT2D eigenvalue weighted by Gasteiger charge is 2.16. The van der Waals surface area contributed by atoms with Crippen LogP contribution in [-0.4, -0.2) is 21.6 Å². The average molecular weight is 299 g/mol. The van der Waals surface area contributed by atoms with Gasteiger partial charge in [-0.1, -0.05) is 0 Å². The van der Waals surface area contributed by atoms with Crippen molar-refractivity contribution in [2.45, 2.75) is 32.6 Å². The number of imidazole rings is 1. The van der Waals surface area contributed by atoms with Crippen molar-refractivity contribution in [2.75, 3.05) is 6.61 Å². The van der Waals surface area contributed by atoms with E-state index in [0.29, 0.717) is 12.5 Å². The third-order valence-corrected chi connectivity index (χ3v) is 5.09. The molecule has 0 spiro atoms. The lowest BCUT2D eigenvalue weighted by Crippen LogP contribution is -1.96. The quantitative estimate of drug-likeness (QED) is 0.796. The van der Waals surface area contributed by atoms with E-state index >= 15 is 0 Å². The second-order valence-electron chi connectivity index (χ2n) is 5.31. The summed E-state index contributed by atoms with van der Waals surface area (Å²) in [4.78, 5) is 15.2. The van der Waals surface area contributed by atoms with Gasteiger partial charge < -0.3 is 9.72 Å². The summed E-state index contributed by atoms with van der Waals surface area (Å²) in [5, 5.41) is 0. The Labute approximate surface area is 127 Å². The highest BCUT2D eigenvalue weighted by Crippen LogP contribution is 2.35. The number of thiophene rings is 1. The number of pyridine rings is 1. The van der Waals surface area contributed by atoms with Crippen molar-refractivity contribution in [1.29, 1.82) is 0 Å². The number of hydrogen-bond acceptors (Lipinski definition) is 4. The zero-order valence-corrected chi connectivity index (χ0v) is 12.8. The Kier molecular flexibility index (Phi) is 3.15. The van der Waals surface area contributed by atoms with Gasteiger partial charge in [-0.2, -0.15) is 4.98 Å². The predicted octanol–water partition coefficient (Wildman–Crippen LogP) is 3.96. The Morgan fingerprint density at radius 2 is 2.14 bits per heavy atom. The van der Waals surface area contributed by atoms with Crippen LogP contribution in [0.2, 0.25) is 0 Å². The summed E-state index contributed by atoms with van der Waals surface area (Å²) in [5.41, 5.74) is 3.19.